The second-order valence-electron chi connectivity index (χ2n) is 4.11. The van der Waals surface area contributed by atoms with Gasteiger partial charge in [-0.25, -0.2) is 4.98 Å². The van der Waals surface area contributed by atoms with Crippen LogP contribution in [0.15, 0.2) is 18.3 Å². The van der Waals surface area contributed by atoms with Crippen LogP contribution in [0.4, 0.5) is 5.69 Å². The molecule has 0 bridgehead atoms. The van der Waals surface area contributed by atoms with E-state index in [1.807, 2.05) is 0 Å². The van der Waals surface area contributed by atoms with Crippen molar-refractivity contribution in [1.82, 2.24) is 4.98 Å². The van der Waals surface area contributed by atoms with Crippen LogP contribution in [-0.2, 0) is 9.53 Å². The number of nitrogens with zero attached hydrogens (tertiary/aromatic N) is 1. The number of methoxy groups -OCH3 is 1. The molecule has 1 saturated heterocycles. The summed E-state index contributed by atoms with van der Waals surface area (Å²) in [6.07, 6.45) is 2.65. The molecule has 2 rings (SSSR count). The van der Waals surface area contributed by atoms with E-state index in [9.17, 15) is 4.79 Å². The standard InChI is InChI=1S/C12H17N3O3/c1-17-12-9(3-2-6-14-12)15-11(16)10-5-4-8(7-13)18-10/h2-3,6,8,10H,4-5,7,13H2,1H3,(H,15,16). The van der Waals surface area contributed by atoms with Crippen molar-refractivity contribution in [3.05, 3.63) is 18.3 Å². The van der Waals surface area contributed by atoms with E-state index in [0.717, 1.165) is 6.42 Å². The summed E-state index contributed by atoms with van der Waals surface area (Å²) < 4.78 is 10.6. The Labute approximate surface area is 105 Å². The van der Waals surface area contributed by atoms with Gasteiger partial charge in [0, 0.05) is 12.7 Å². The average molecular weight is 251 g/mol. The van der Waals surface area contributed by atoms with Crippen LogP contribution >= 0.6 is 0 Å². The summed E-state index contributed by atoms with van der Waals surface area (Å²) in [5.74, 6) is 0.205. The van der Waals surface area contributed by atoms with E-state index >= 15 is 0 Å². The van der Waals surface area contributed by atoms with Gasteiger partial charge in [-0.3, -0.25) is 4.79 Å². The Morgan fingerprint density at radius 1 is 1.67 bits per heavy atom. The normalized spacial score (nSPS) is 22.8. The van der Waals surface area contributed by atoms with E-state index in [1.54, 1.807) is 18.3 Å². The van der Waals surface area contributed by atoms with E-state index in [1.165, 1.54) is 7.11 Å². The van der Waals surface area contributed by atoms with Crippen molar-refractivity contribution in [1.29, 1.82) is 0 Å². The molecular weight excluding hydrogens is 234 g/mol. The van der Waals surface area contributed by atoms with Gasteiger partial charge in [0.2, 0.25) is 5.88 Å². The molecule has 1 aromatic rings. The van der Waals surface area contributed by atoms with Crippen LogP contribution in [0.1, 0.15) is 12.8 Å². The molecule has 0 aliphatic carbocycles. The summed E-state index contributed by atoms with van der Waals surface area (Å²) >= 11 is 0. The molecule has 1 aliphatic heterocycles. The fraction of sp³-hybridized carbons (Fsp3) is 0.500. The largest absolute Gasteiger partial charge is 0.480 e. The van der Waals surface area contributed by atoms with Crippen LogP contribution < -0.4 is 15.8 Å². The van der Waals surface area contributed by atoms with E-state index in [2.05, 4.69) is 10.3 Å². The summed E-state index contributed by atoms with van der Waals surface area (Å²) in [7, 11) is 1.51. The Balaban J connectivity index is 1.99. The number of hydrogen-bond acceptors (Lipinski definition) is 5. The van der Waals surface area contributed by atoms with Gasteiger partial charge < -0.3 is 20.5 Å². The first-order chi connectivity index (χ1) is 8.74. The number of hydrogen-bond donors (Lipinski definition) is 2. The molecule has 0 radical (unpaired) electrons. The SMILES string of the molecule is COc1ncccc1NC(=O)C1CCC(CN)O1. The lowest BCUT2D eigenvalue weighted by molar-refractivity contribution is -0.126. The molecule has 18 heavy (non-hydrogen) atoms. The number of aromatic nitrogens is 1. The Kier molecular flexibility index (Phi) is 4.11. The predicted molar refractivity (Wildman–Crippen MR) is 66.4 cm³/mol. The van der Waals surface area contributed by atoms with Crippen molar-refractivity contribution >= 4 is 11.6 Å². The molecule has 6 heteroatoms. The number of carbonyl (C=O) groups is 1. The number of anilines is 1. The highest BCUT2D eigenvalue weighted by molar-refractivity contribution is 5.95. The lowest BCUT2D eigenvalue weighted by Gasteiger charge is -2.13. The Hall–Kier alpha value is -1.66. The fourth-order valence-corrected chi connectivity index (χ4v) is 1.93. The molecule has 1 aliphatic rings. The minimum atomic E-state index is -0.441. The Bertz CT molecular complexity index is 425. The third-order valence-electron chi connectivity index (χ3n) is 2.89. The van der Waals surface area contributed by atoms with Gasteiger partial charge >= 0.3 is 0 Å². The van der Waals surface area contributed by atoms with E-state index < -0.39 is 6.10 Å². The minimum Gasteiger partial charge on any atom is -0.480 e. The van der Waals surface area contributed by atoms with Gasteiger partial charge in [-0.05, 0) is 25.0 Å². The molecule has 1 amide bonds. The molecule has 2 heterocycles. The number of carbonyl (C=O) groups excluding carboxylic acids is 1. The third-order valence-corrected chi connectivity index (χ3v) is 2.89. The molecule has 2 atom stereocenters. The first-order valence-corrected chi connectivity index (χ1v) is 5.90. The van der Waals surface area contributed by atoms with Crippen molar-refractivity contribution in [3.8, 4) is 5.88 Å². The summed E-state index contributed by atoms with van der Waals surface area (Å²) in [4.78, 5) is 16.0. The van der Waals surface area contributed by atoms with Crippen LogP contribution in [0.5, 0.6) is 5.88 Å². The quantitative estimate of drug-likeness (QED) is 0.815. The van der Waals surface area contributed by atoms with Crippen molar-refractivity contribution in [3.63, 3.8) is 0 Å². The molecule has 0 spiro atoms. The first-order valence-electron chi connectivity index (χ1n) is 5.90. The van der Waals surface area contributed by atoms with Gasteiger partial charge in [0.15, 0.2) is 0 Å². The molecule has 1 aromatic heterocycles. The van der Waals surface area contributed by atoms with Crippen LogP contribution in [0, 0.1) is 0 Å². The molecular formula is C12H17N3O3. The molecule has 98 valence electrons. The highest BCUT2D eigenvalue weighted by atomic mass is 16.5. The fourth-order valence-electron chi connectivity index (χ4n) is 1.93. The zero-order valence-electron chi connectivity index (χ0n) is 10.3. The average Bonchev–Trinajstić information content (AvgIpc) is 2.88. The van der Waals surface area contributed by atoms with Crippen LogP contribution in [0.25, 0.3) is 0 Å². The summed E-state index contributed by atoms with van der Waals surface area (Å²) in [6.45, 7) is 0.444. The summed E-state index contributed by atoms with van der Waals surface area (Å²) in [6, 6.07) is 3.47. The first kappa shape index (κ1) is 12.8. The van der Waals surface area contributed by atoms with E-state index in [-0.39, 0.29) is 12.0 Å². The van der Waals surface area contributed by atoms with Gasteiger partial charge in [0.1, 0.15) is 11.8 Å². The third kappa shape index (κ3) is 2.77. The van der Waals surface area contributed by atoms with Crippen LogP contribution in [0.3, 0.4) is 0 Å². The van der Waals surface area contributed by atoms with E-state index in [4.69, 9.17) is 15.2 Å². The molecule has 0 saturated carbocycles. The van der Waals surface area contributed by atoms with Gasteiger partial charge in [0.05, 0.1) is 13.2 Å². The van der Waals surface area contributed by atoms with Crippen molar-refractivity contribution in [2.75, 3.05) is 19.0 Å². The second-order valence-corrected chi connectivity index (χ2v) is 4.11. The predicted octanol–water partition coefficient (Wildman–Crippen LogP) is 0.535. The van der Waals surface area contributed by atoms with Crippen molar-refractivity contribution in [2.24, 2.45) is 5.73 Å². The maximum Gasteiger partial charge on any atom is 0.253 e. The zero-order chi connectivity index (χ0) is 13.0. The topological polar surface area (TPSA) is 86.5 Å². The molecule has 2 unspecified atom stereocenters. The van der Waals surface area contributed by atoms with Gasteiger partial charge in [-0.2, -0.15) is 0 Å². The monoisotopic (exact) mass is 251 g/mol. The Morgan fingerprint density at radius 3 is 3.17 bits per heavy atom. The molecule has 0 aromatic carbocycles. The highest BCUT2D eigenvalue weighted by Gasteiger charge is 2.30. The van der Waals surface area contributed by atoms with Gasteiger partial charge in [-0.1, -0.05) is 0 Å². The minimum absolute atomic E-state index is 0.0171. The van der Waals surface area contributed by atoms with Crippen molar-refractivity contribution in [2.45, 2.75) is 25.0 Å². The number of nitrogens with one attached hydrogen (secondary N) is 1. The van der Waals surface area contributed by atoms with E-state index in [0.29, 0.717) is 24.5 Å². The van der Waals surface area contributed by atoms with Gasteiger partial charge in [0.25, 0.3) is 5.91 Å². The number of ether oxygens (including phenoxy) is 2. The van der Waals surface area contributed by atoms with Gasteiger partial charge in [-0.15, -0.1) is 0 Å². The van der Waals surface area contributed by atoms with Crippen LogP contribution in [0.2, 0.25) is 0 Å². The number of rotatable bonds is 4. The number of nitrogens with two attached hydrogens (primary N) is 1. The smallest absolute Gasteiger partial charge is 0.253 e. The number of pyridine rings is 1. The molecule has 6 nitrogen and oxygen atoms in total. The van der Waals surface area contributed by atoms with Crippen molar-refractivity contribution < 1.29 is 14.3 Å². The molecule has 1 fully saturated rings. The second kappa shape index (κ2) is 5.79. The number of amides is 1. The molecule has 3 N–H and O–H groups in total. The lowest BCUT2D eigenvalue weighted by Crippen LogP contribution is -2.30. The maximum absolute atomic E-state index is 12.0. The summed E-state index contributed by atoms with van der Waals surface area (Å²) in [5, 5.41) is 2.76. The summed E-state index contributed by atoms with van der Waals surface area (Å²) in [5.41, 5.74) is 6.05. The highest BCUT2D eigenvalue weighted by Crippen LogP contribution is 2.23. The maximum atomic E-state index is 12.0. The lowest BCUT2D eigenvalue weighted by atomic mass is 10.2. The zero-order valence-corrected chi connectivity index (χ0v) is 10.3. The van der Waals surface area contributed by atoms with Crippen LogP contribution in [-0.4, -0.2) is 36.8 Å². The Morgan fingerprint density at radius 2 is 2.50 bits per heavy atom.